The van der Waals surface area contributed by atoms with E-state index in [1.54, 1.807) is 14.2 Å². The number of hydrogen-bond acceptors (Lipinski definition) is 5. The highest BCUT2D eigenvalue weighted by molar-refractivity contribution is 5.74. The quantitative estimate of drug-likeness (QED) is 0.545. The van der Waals surface area contributed by atoms with Crippen LogP contribution in [0.25, 0.3) is 16.9 Å². The van der Waals surface area contributed by atoms with Crippen LogP contribution in [0.1, 0.15) is 11.3 Å². The van der Waals surface area contributed by atoms with Crippen LogP contribution in [0.3, 0.4) is 0 Å². The van der Waals surface area contributed by atoms with Crippen LogP contribution in [-0.2, 0) is 0 Å². The van der Waals surface area contributed by atoms with Crippen molar-refractivity contribution >= 4 is 17.2 Å². The molecule has 0 aliphatic carbocycles. The predicted octanol–water partition coefficient (Wildman–Crippen LogP) is 4.77. The van der Waals surface area contributed by atoms with Gasteiger partial charge in [-0.05, 0) is 44.2 Å². The number of para-hydroxylation sites is 1. The normalized spacial score (nSPS) is 10.9. The Morgan fingerprint density at radius 3 is 2.36 bits per heavy atom. The first-order chi connectivity index (χ1) is 13.6. The number of nitrogens with one attached hydrogen (secondary N) is 1. The van der Waals surface area contributed by atoms with Gasteiger partial charge in [-0.3, -0.25) is 0 Å². The van der Waals surface area contributed by atoms with Crippen LogP contribution in [0.5, 0.6) is 11.5 Å². The molecule has 6 heteroatoms. The second-order valence-corrected chi connectivity index (χ2v) is 6.55. The monoisotopic (exact) mass is 374 g/mol. The minimum atomic E-state index is 0.670. The third-order valence-electron chi connectivity index (χ3n) is 4.65. The van der Waals surface area contributed by atoms with Crippen LogP contribution in [-0.4, -0.2) is 28.8 Å². The molecule has 2 aromatic carbocycles. The van der Waals surface area contributed by atoms with Crippen molar-refractivity contribution in [2.45, 2.75) is 13.8 Å². The molecular weight excluding hydrogens is 352 g/mol. The molecule has 4 aromatic rings. The molecule has 142 valence electrons. The van der Waals surface area contributed by atoms with E-state index in [0.29, 0.717) is 11.5 Å². The van der Waals surface area contributed by atoms with Gasteiger partial charge in [-0.15, -0.1) is 0 Å². The zero-order chi connectivity index (χ0) is 19.7. The summed E-state index contributed by atoms with van der Waals surface area (Å²) in [7, 11) is 3.26. The van der Waals surface area contributed by atoms with Gasteiger partial charge in [-0.25, -0.2) is 4.98 Å². The summed E-state index contributed by atoms with van der Waals surface area (Å²) < 4.78 is 12.6. The van der Waals surface area contributed by atoms with Gasteiger partial charge in [0, 0.05) is 28.6 Å². The number of rotatable bonds is 5. The molecular formula is C22H22N4O2. The van der Waals surface area contributed by atoms with E-state index in [2.05, 4.69) is 5.32 Å². The largest absolute Gasteiger partial charge is 0.493 e. The molecule has 0 spiro atoms. The molecule has 0 aliphatic heterocycles. The van der Waals surface area contributed by atoms with Gasteiger partial charge in [0.2, 0.25) is 0 Å². The molecule has 0 unspecified atom stereocenters. The molecule has 2 heterocycles. The first-order valence-electron chi connectivity index (χ1n) is 9.02. The molecule has 6 nitrogen and oxygen atoms in total. The van der Waals surface area contributed by atoms with Crippen molar-refractivity contribution in [2.24, 2.45) is 0 Å². The number of benzene rings is 2. The van der Waals surface area contributed by atoms with E-state index < -0.39 is 0 Å². The Hall–Kier alpha value is -3.54. The molecule has 0 radical (unpaired) electrons. The highest BCUT2D eigenvalue weighted by Gasteiger charge is 2.17. The maximum absolute atomic E-state index is 5.45. The molecule has 0 saturated heterocycles. The topological polar surface area (TPSA) is 60.7 Å². The molecule has 0 saturated carbocycles. The summed E-state index contributed by atoms with van der Waals surface area (Å²) >= 11 is 0. The predicted molar refractivity (Wildman–Crippen MR) is 111 cm³/mol. The Kier molecular flexibility index (Phi) is 4.61. The summed E-state index contributed by atoms with van der Waals surface area (Å²) in [6, 6.07) is 17.8. The summed E-state index contributed by atoms with van der Waals surface area (Å²) in [5.41, 5.74) is 5.55. The fraction of sp³-hybridized carbons (Fsp3) is 0.182. The number of aryl methyl sites for hydroxylation is 2. The van der Waals surface area contributed by atoms with Crippen molar-refractivity contribution in [1.82, 2.24) is 14.6 Å². The zero-order valence-electron chi connectivity index (χ0n) is 16.4. The molecule has 1 N–H and O–H groups in total. The van der Waals surface area contributed by atoms with Crippen molar-refractivity contribution < 1.29 is 9.47 Å². The molecule has 0 amide bonds. The minimum absolute atomic E-state index is 0.670. The van der Waals surface area contributed by atoms with E-state index in [0.717, 1.165) is 39.7 Å². The maximum Gasteiger partial charge on any atom is 0.161 e. The van der Waals surface area contributed by atoms with E-state index in [1.165, 1.54) is 0 Å². The molecule has 4 rings (SSSR count). The minimum Gasteiger partial charge on any atom is -0.493 e. The van der Waals surface area contributed by atoms with Crippen LogP contribution in [0.2, 0.25) is 0 Å². The maximum atomic E-state index is 5.45. The Morgan fingerprint density at radius 2 is 1.64 bits per heavy atom. The second-order valence-electron chi connectivity index (χ2n) is 6.55. The Morgan fingerprint density at radius 1 is 0.893 bits per heavy atom. The first-order valence-corrected chi connectivity index (χ1v) is 9.02. The lowest BCUT2D eigenvalue weighted by Gasteiger charge is -2.09. The average Bonchev–Trinajstić information content (AvgIpc) is 3.05. The van der Waals surface area contributed by atoms with Crippen molar-refractivity contribution in [3.05, 3.63) is 65.9 Å². The lowest BCUT2D eigenvalue weighted by Crippen LogP contribution is -2.02. The van der Waals surface area contributed by atoms with Crippen LogP contribution >= 0.6 is 0 Å². The van der Waals surface area contributed by atoms with Crippen molar-refractivity contribution in [1.29, 1.82) is 0 Å². The first kappa shape index (κ1) is 17.9. The Balaban J connectivity index is 1.85. The van der Waals surface area contributed by atoms with E-state index in [1.807, 2.05) is 73.0 Å². The summed E-state index contributed by atoms with van der Waals surface area (Å²) in [6.07, 6.45) is 0. The van der Waals surface area contributed by atoms with Crippen LogP contribution in [0.4, 0.5) is 11.5 Å². The average molecular weight is 374 g/mol. The van der Waals surface area contributed by atoms with Gasteiger partial charge in [-0.1, -0.05) is 18.2 Å². The van der Waals surface area contributed by atoms with Gasteiger partial charge in [0.05, 0.1) is 19.9 Å². The number of nitrogens with zero attached hydrogens (tertiary/aromatic N) is 3. The lowest BCUT2D eigenvalue weighted by molar-refractivity contribution is 0.355. The van der Waals surface area contributed by atoms with Crippen molar-refractivity contribution in [3.8, 4) is 22.8 Å². The van der Waals surface area contributed by atoms with Gasteiger partial charge in [0.15, 0.2) is 17.1 Å². The number of hydrogen-bond donors (Lipinski definition) is 1. The van der Waals surface area contributed by atoms with Crippen molar-refractivity contribution in [3.63, 3.8) is 0 Å². The van der Waals surface area contributed by atoms with Gasteiger partial charge in [0.1, 0.15) is 5.82 Å². The number of anilines is 2. The summed E-state index contributed by atoms with van der Waals surface area (Å²) in [5, 5.41) is 8.28. The second kappa shape index (κ2) is 7.23. The fourth-order valence-corrected chi connectivity index (χ4v) is 3.26. The lowest BCUT2D eigenvalue weighted by atomic mass is 10.1. The molecule has 0 bridgehead atoms. The summed E-state index contributed by atoms with van der Waals surface area (Å²) in [4.78, 5) is 4.70. The van der Waals surface area contributed by atoms with Gasteiger partial charge >= 0.3 is 0 Å². The standard InChI is InChI=1S/C22H22N4O2/c1-14-12-20(24-17-8-6-5-7-9-17)26-22(23-14)15(2)21(25-26)16-10-11-18(27-3)19(13-16)28-4/h5-13,24H,1-4H3. The van der Waals surface area contributed by atoms with Gasteiger partial charge in [0.25, 0.3) is 0 Å². The molecule has 2 aromatic heterocycles. The van der Waals surface area contributed by atoms with Crippen molar-refractivity contribution in [2.75, 3.05) is 19.5 Å². The van der Waals surface area contributed by atoms with E-state index in [4.69, 9.17) is 19.6 Å². The van der Waals surface area contributed by atoms with Crippen LogP contribution < -0.4 is 14.8 Å². The Labute approximate surface area is 163 Å². The molecule has 28 heavy (non-hydrogen) atoms. The Bertz CT molecular complexity index is 1140. The zero-order valence-corrected chi connectivity index (χ0v) is 16.4. The molecule has 0 fully saturated rings. The van der Waals surface area contributed by atoms with Crippen LogP contribution in [0, 0.1) is 13.8 Å². The third-order valence-corrected chi connectivity index (χ3v) is 4.65. The van der Waals surface area contributed by atoms with Crippen LogP contribution in [0.15, 0.2) is 54.6 Å². The summed E-state index contributed by atoms with van der Waals surface area (Å²) in [6.45, 7) is 4.02. The summed E-state index contributed by atoms with van der Waals surface area (Å²) in [5.74, 6) is 2.22. The number of fused-ring (bicyclic) bond motifs is 1. The van der Waals surface area contributed by atoms with E-state index >= 15 is 0 Å². The van der Waals surface area contributed by atoms with Gasteiger partial charge in [-0.2, -0.15) is 9.61 Å². The highest BCUT2D eigenvalue weighted by atomic mass is 16.5. The van der Waals surface area contributed by atoms with Gasteiger partial charge < -0.3 is 14.8 Å². The smallest absolute Gasteiger partial charge is 0.161 e. The fourth-order valence-electron chi connectivity index (χ4n) is 3.26. The highest BCUT2D eigenvalue weighted by Crippen LogP contribution is 2.34. The van der Waals surface area contributed by atoms with E-state index in [9.17, 15) is 0 Å². The molecule has 0 aliphatic rings. The number of methoxy groups -OCH3 is 2. The number of aromatic nitrogens is 3. The third kappa shape index (κ3) is 3.13. The SMILES string of the molecule is COc1ccc(-c2nn3c(Nc4ccccc4)cc(C)nc3c2C)cc1OC. The van der Waals surface area contributed by atoms with E-state index in [-0.39, 0.29) is 0 Å². The number of ether oxygens (including phenoxy) is 2. The molecule has 0 atom stereocenters.